The van der Waals surface area contributed by atoms with E-state index in [-0.39, 0.29) is 10.8 Å². The molecular formula is C23H23ClN2O3S2. The number of anilines is 1. The summed E-state index contributed by atoms with van der Waals surface area (Å²) in [6.45, 7) is 2.42. The first-order chi connectivity index (χ1) is 14.8. The highest BCUT2D eigenvalue weighted by atomic mass is 35.5. The van der Waals surface area contributed by atoms with Crippen molar-refractivity contribution >= 4 is 45.0 Å². The van der Waals surface area contributed by atoms with Gasteiger partial charge >= 0.3 is 0 Å². The molecule has 0 bridgehead atoms. The second kappa shape index (κ2) is 10.7. The molecule has 1 amide bonds. The van der Waals surface area contributed by atoms with E-state index < -0.39 is 10.0 Å². The smallest absolute Gasteiger partial charge is 0.261 e. The van der Waals surface area contributed by atoms with Crippen molar-refractivity contribution in [3.05, 3.63) is 94.5 Å². The van der Waals surface area contributed by atoms with Crippen LogP contribution in [0.5, 0.6) is 0 Å². The van der Waals surface area contributed by atoms with Gasteiger partial charge in [-0.1, -0.05) is 47.5 Å². The Hall–Kier alpha value is -2.48. The predicted octanol–water partition coefficient (Wildman–Crippen LogP) is 5.11. The Balaban J connectivity index is 1.47. The van der Waals surface area contributed by atoms with Gasteiger partial charge in [-0.05, 0) is 55.0 Å². The van der Waals surface area contributed by atoms with Crippen molar-refractivity contribution in [2.45, 2.75) is 17.6 Å². The quantitative estimate of drug-likeness (QED) is 0.422. The van der Waals surface area contributed by atoms with Crippen LogP contribution in [0.3, 0.4) is 0 Å². The summed E-state index contributed by atoms with van der Waals surface area (Å²) < 4.78 is 27.4. The van der Waals surface area contributed by atoms with Gasteiger partial charge in [-0.2, -0.15) is 11.8 Å². The van der Waals surface area contributed by atoms with Crippen molar-refractivity contribution in [3.63, 3.8) is 0 Å². The zero-order valence-corrected chi connectivity index (χ0v) is 19.4. The van der Waals surface area contributed by atoms with Crippen molar-refractivity contribution in [2.24, 2.45) is 0 Å². The molecule has 0 radical (unpaired) electrons. The molecule has 5 nitrogen and oxygen atoms in total. The van der Waals surface area contributed by atoms with E-state index in [2.05, 4.69) is 10.0 Å². The second-order valence-corrected chi connectivity index (χ2v) is 10.1. The van der Waals surface area contributed by atoms with E-state index in [0.29, 0.717) is 17.8 Å². The molecule has 0 fully saturated rings. The van der Waals surface area contributed by atoms with E-state index in [0.717, 1.165) is 27.7 Å². The molecule has 8 heteroatoms. The number of benzene rings is 3. The van der Waals surface area contributed by atoms with Crippen molar-refractivity contribution in [1.82, 2.24) is 5.32 Å². The molecule has 0 heterocycles. The van der Waals surface area contributed by atoms with Crippen LogP contribution >= 0.6 is 23.4 Å². The molecular weight excluding hydrogens is 452 g/mol. The van der Waals surface area contributed by atoms with Gasteiger partial charge in [0, 0.05) is 34.3 Å². The van der Waals surface area contributed by atoms with E-state index in [4.69, 9.17) is 11.6 Å². The van der Waals surface area contributed by atoms with Crippen molar-refractivity contribution in [3.8, 4) is 0 Å². The number of nitrogens with one attached hydrogen (secondary N) is 2. The van der Waals surface area contributed by atoms with Crippen LogP contribution in [0.4, 0.5) is 5.69 Å². The third-order valence-corrected chi connectivity index (χ3v) is 7.25. The standard InChI is InChI=1S/C23H23ClN2O3S2/c1-17-6-12-21(13-7-17)31(28,29)26-20-10-8-18(9-11-20)23(27)25-14-15-30-16-19-4-2-3-5-22(19)24/h2-13,26H,14-16H2,1H3,(H,25,27). The molecule has 0 atom stereocenters. The van der Waals surface area contributed by atoms with Crippen LogP contribution in [0.1, 0.15) is 21.5 Å². The minimum atomic E-state index is -3.67. The maximum Gasteiger partial charge on any atom is 0.261 e. The summed E-state index contributed by atoms with van der Waals surface area (Å²) in [6.07, 6.45) is 0. The first kappa shape index (κ1) is 23.2. The number of sulfonamides is 1. The number of hydrogen-bond acceptors (Lipinski definition) is 4. The Kier molecular flexibility index (Phi) is 8.01. The van der Waals surface area contributed by atoms with Crippen LogP contribution in [0.25, 0.3) is 0 Å². The van der Waals surface area contributed by atoms with Crippen molar-refractivity contribution in [2.75, 3.05) is 17.0 Å². The van der Waals surface area contributed by atoms with Gasteiger partial charge in [-0.3, -0.25) is 9.52 Å². The highest BCUT2D eigenvalue weighted by molar-refractivity contribution is 7.98. The third kappa shape index (κ3) is 6.75. The van der Waals surface area contributed by atoms with E-state index in [1.54, 1.807) is 60.3 Å². The van der Waals surface area contributed by atoms with Crippen molar-refractivity contribution in [1.29, 1.82) is 0 Å². The molecule has 0 spiro atoms. The summed E-state index contributed by atoms with van der Waals surface area (Å²) >= 11 is 7.82. The Labute approximate surface area is 192 Å². The van der Waals surface area contributed by atoms with E-state index >= 15 is 0 Å². The molecule has 0 aliphatic carbocycles. The summed E-state index contributed by atoms with van der Waals surface area (Å²) in [5.41, 5.74) is 2.92. The van der Waals surface area contributed by atoms with Crippen LogP contribution in [0.2, 0.25) is 5.02 Å². The Morgan fingerprint density at radius 2 is 1.65 bits per heavy atom. The minimum Gasteiger partial charge on any atom is -0.351 e. The highest BCUT2D eigenvalue weighted by Crippen LogP contribution is 2.20. The summed E-state index contributed by atoms with van der Waals surface area (Å²) in [5.74, 6) is 1.34. The number of carbonyl (C=O) groups excluding carboxylic acids is 1. The summed E-state index contributed by atoms with van der Waals surface area (Å²) in [7, 11) is -3.67. The number of aryl methyl sites for hydroxylation is 1. The van der Waals surface area contributed by atoms with Gasteiger partial charge in [0.05, 0.1) is 4.90 Å². The predicted molar refractivity (Wildman–Crippen MR) is 128 cm³/mol. The fourth-order valence-corrected chi connectivity index (χ4v) is 4.96. The Morgan fingerprint density at radius 1 is 0.968 bits per heavy atom. The number of halogens is 1. The fraction of sp³-hybridized carbons (Fsp3) is 0.174. The topological polar surface area (TPSA) is 75.3 Å². The molecule has 0 aromatic heterocycles. The highest BCUT2D eigenvalue weighted by Gasteiger charge is 2.14. The van der Waals surface area contributed by atoms with Gasteiger partial charge in [0.1, 0.15) is 0 Å². The van der Waals surface area contributed by atoms with Gasteiger partial charge in [-0.15, -0.1) is 0 Å². The molecule has 0 saturated heterocycles. The van der Waals surface area contributed by atoms with Gasteiger partial charge < -0.3 is 5.32 Å². The monoisotopic (exact) mass is 474 g/mol. The Morgan fingerprint density at radius 3 is 2.32 bits per heavy atom. The van der Waals surface area contributed by atoms with Crippen LogP contribution < -0.4 is 10.0 Å². The van der Waals surface area contributed by atoms with Gasteiger partial charge in [-0.25, -0.2) is 8.42 Å². The Bertz CT molecular complexity index is 1130. The first-order valence-corrected chi connectivity index (χ1v) is 12.7. The largest absolute Gasteiger partial charge is 0.351 e. The number of rotatable bonds is 9. The van der Waals surface area contributed by atoms with Crippen LogP contribution in [0.15, 0.2) is 77.7 Å². The number of amides is 1. The first-order valence-electron chi connectivity index (χ1n) is 9.64. The average Bonchev–Trinajstić information content (AvgIpc) is 2.75. The summed E-state index contributed by atoms with van der Waals surface area (Å²) in [4.78, 5) is 12.5. The molecule has 31 heavy (non-hydrogen) atoms. The second-order valence-electron chi connectivity index (χ2n) is 6.90. The van der Waals surface area contributed by atoms with E-state index in [1.165, 1.54) is 0 Å². The SMILES string of the molecule is Cc1ccc(S(=O)(=O)Nc2ccc(C(=O)NCCSCc3ccccc3Cl)cc2)cc1. The zero-order chi connectivity index (χ0) is 22.3. The summed E-state index contributed by atoms with van der Waals surface area (Å²) in [5, 5.41) is 3.61. The molecule has 0 unspecified atom stereocenters. The van der Waals surface area contributed by atoms with E-state index in [1.807, 2.05) is 31.2 Å². The third-order valence-electron chi connectivity index (χ3n) is 4.48. The molecule has 2 N–H and O–H groups in total. The average molecular weight is 475 g/mol. The van der Waals surface area contributed by atoms with Crippen molar-refractivity contribution < 1.29 is 13.2 Å². The molecule has 3 rings (SSSR count). The number of thioether (sulfide) groups is 1. The molecule has 0 aliphatic rings. The van der Waals surface area contributed by atoms with Crippen LogP contribution in [-0.2, 0) is 15.8 Å². The van der Waals surface area contributed by atoms with Gasteiger partial charge in [0.25, 0.3) is 15.9 Å². The lowest BCUT2D eigenvalue weighted by atomic mass is 10.2. The maximum absolute atomic E-state index is 12.5. The molecule has 0 saturated carbocycles. The van der Waals surface area contributed by atoms with Gasteiger partial charge in [0.2, 0.25) is 0 Å². The van der Waals surface area contributed by atoms with Crippen LogP contribution in [-0.4, -0.2) is 26.6 Å². The molecule has 3 aromatic carbocycles. The number of hydrogen-bond donors (Lipinski definition) is 2. The summed E-state index contributed by atoms with van der Waals surface area (Å²) in [6, 6.07) is 20.7. The lowest BCUT2D eigenvalue weighted by Gasteiger charge is -2.10. The normalized spacial score (nSPS) is 11.2. The number of carbonyl (C=O) groups is 1. The molecule has 3 aromatic rings. The lowest BCUT2D eigenvalue weighted by molar-refractivity contribution is 0.0956. The fourth-order valence-electron chi connectivity index (χ4n) is 2.76. The minimum absolute atomic E-state index is 0.189. The molecule has 162 valence electrons. The van der Waals surface area contributed by atoms with Gasteiger partial charge in [0.15, 0.2) is 0 Å². The zero-order valence-electron chi connectivity index (χ0n) is 17.0. The molecule has 0 aliphatic heterocycles. The lowest BCUT2D eigenvalue weighted by Crippen LogP contribution is -2.25. The van der Waals surface area contributed by atoms with E-state index in [9.17, 15) is 13.2 Å². The maximum atomic E-state index is 12.5. The van der Waals surface area contributed by atoms with Crippen LogP contribution in [0, 0.1) is 6.92 Å².